The lowest BCUT2D eigenvalue weighted by atomic mass is 10.1. The van der Waals surface area contributed by atoms with Gasteiger partial charge in [-0.1, -0.05) is 37.6 Å². The summed E-state index contributed by atoms with van der Waals surface area (Å²) in [6, 6.07) is 6.75. The molecule has 1 nitrogen and oxygen atoms in total. The van der Waals surface area contributed by atoms with Crippen LogP contribution in [0, 0.1) is 17.5 Å². The Morgan fingerprint density at radius 1 is 0.962 bits per heavy atom. The zero-order valence-corrected chi connectivity index (χ0v) is 14.0. The molecule has 0 unspecified atom stereocenters. The van der Waals surface area contributed by atoms with Crippen LogP contribution in [0.1, 0.15) is 30.0 Å². The lowest BCUT2D eigenvalue weighted by Gasteiger charge is -2.05. The maximum absolute atomic E-state index is 14.0. The van der Waals surface area contributed by atoms with Crippen molar-refractivity contribution >= 4 is 12.2 Å². The molecule has 0 bridgehead atoms. The highest BCUT2D eigenvalue weighted by atomic mass is 19.3. The lowest BCUT2D eigenvalue weighted by molar-refractivity contribution is 0.200. The quantitative estimate of drug-likeness (QED) is 0.313. The Hall–Kier alpha value is -2.63. The van der Waals surface area contributed by atoms with Crippen molar-refractivity contribution in [2.75, 3.05) is 0 Å². The minimum atomic E-state index is -2.79. The molecule has 0 fully saturated rings. The van der Waals surface area contributed by atoms with E-state index in [-0.39, 0.29) is 11.1 Å². The Bertz CT molecular complexity index is 789. The van der Waals surface area contributed by atoms with Crippen molar-refractivity contribution in [1.82, 2.24) is 0 Å². The van der Waals surface area contributed by atoms with Crippen LogP contribution in [0.4, 0.5) is 22.0 Å². The zero-order chi connectivity index (χ0) is 19.1. The first kappa shape index (κ1) is 19.7. The SMILES string of the molecule is CCCc1ccc(C=Cc2cc(F)c(OC=CC(F)F)c(F)c2)c(F)c1. The second-order valence-electron chi connectivity index (χ2n) is 5.53. The summed E-state index contributed by atoms with van der Waals surface area (Å²) in [5, 5.41) is 0. The summed E-state index contributed by atoms with van der Waals surface area (Å²) >= 11 is 0. The molecule has 0 aromatic heterocycles. The number of ether oxygens (including phenoxy) is 1. The van der Waals surface area contributed by atoms with Gasteiger partial charge in [-0.3, -0.25) is 0 Å². The van der Waals surface area contributed by atoms with Crippen molar-refractivity contribution in [3.8, 4) is 5.75 Å². The highest BCUT2D eigenvalue weighted by molar-refractivity contribution is 5.70. The molecular formula is C20H17F5O. The summed E-state index contributed by atoms with van der Waals surface area (Å²) in [5.41, 5.74) is 1.30. The summed E-state index contributed by atoms with van der Waals surface area (Å²) in [6.07, 6.45) is 2.50. The van der Waals surface area contributed by atoms with Crippen LogP contribution in [0.15, 0.2) is 42.7 Å². The predicted molar refractivity (Wildman–Crippen MR) is 91.5 cm³/mol. The lowest BCUT2D eigenvalue weighted by Crippen LogP contribution is -1.94. The van der Waals surface area contributed by atoms with E-state index in [0.29, 0.717) is 12.3 Å². The number of rotatable bonds is 7. The predicted octanol–water partition coefficient (Wildman–Crippen LogP) is 6.38. The Labute approximate surface area is 148 Å². The Balaban J connectivity index is 2.18. The maximum Gasteiger partial charge on any atom is 0.260 e. The second kappa shape index (κ2) is 9.17. The fourth-order valence-corrected chi connectivity index (χ4v) is 2.29. The van der Waals surface area contributed by atoms with Gasteiger partial charge in [0.15, 0.2) is 17.4 Å². The molecule has 0 N–H and O–H groups in total. The fourth-order valence-electron chi connectivity index (χ4n) is 2.29. The molecule has 26 heavy (non-hydrogen) atoms. The van der Waals surface area contributed by atoms with E-state index < -0.39 is 29.6 Å². The van der Waals surface area contributed by atoms with Gasteiger partial charge >= 0.3 is 0 Å². The number of benzene rings is 2. The van der Waals surface area contributed by atoms with Crippen LogP contribution < -0.4 is 4.74 Å². The zero-order valence-electron chi connectivity index (χ0n) is 14.0. The van der Waals surface area contributed by atoms with Crippen LogP contribution in [0.5, 0.6) is 5.75 Å². The molecule has 0 aliphatic rings. The van der Waals surface area contributed by atoms with Crippen molar-refractivity contribution in [2.24, 2.45) is 0 Å². The summed E-state index contributed by atoms with van der Waals surface area (Å²) in [5.74, 6) is -3.32. The molecule has 0 radical (unpaired) electrons. The minimum Gasteiger partial charge on any atom is -0.459 e. The number of allylic oxidation sites excluding steroid dienone is 1. The smallest absolute Gasteiger partial charge is 0.260 e. The minimum absolute atomic E-state index is 0.141. The van der Waals surface area contributed by atoms with Crippen LogP contribution in [0.25, 0.3) is 12.2 Å². The third-order valence-corrected chi connectivity index (χ3v) is 3.49. The van der Waals surface area contributed by atoms with Crippen LogP contribution in [-0.4, -0.2) is 6.43 Å². The van der Waals surface area contributed by atoms with Gasteiger partial charge in [0.1, 0.15) is 5.82 Å². The first-order chi connectivity index (χ1) is 12.4. The first-order valence-electron chi connectivity index (χ1n) is 7.97. The molecule has 2 rings (SSSR count). The Kier molecular flexibility index (Phi) is 6.95. The number of hydrogen-bond acceptors (Lipinski definition) is 1. The number of aryl methyl sites for hydroxylation is 1. The third-order valence-electron chi connectivity index (χ3n) is 3.49. The summed E-state index contributed by atoms with van der Waals surface area (Å²) in [7, 11) is 0. The first-order valence-corrected chi connectivity index (χ1v) is 7.97. The molecule has 138 valence electrons. The summed E-state index contributed by atoms with van der Waals surface area (Å²) in [6.45, 7) is 1.99. The molecule has 2 aromatic carbocycles. The molecule has 0 heterocycles. The van der Waals surface area contributed by atoms with E-state index in [1.54, 1.807) is 12.1 Å². The van der Waals surface area contributed by atoms with Crippen LogP contribution >= 0.6 is 0 Å². The van der Waals surface area contributed by atoms with E-state index in [1.807, 2.05) is 6.92 Å². The largest absolute Gasteiger partial charge is 0.459 e. The fraction of sp³-hybridized carbons (Fsp3) is 0.200. The van der Waals surface area contributed by atoms with Gasteiger partial charge in [0.05, 0.1) is 6.26 Å². The van der Waals surface area contributed by atoms with E-state index in [4.69, 9.17) is 0 Å². The van der Waals surface area contributed by atoms with Crippen LogP contribution in [0.3, 0.4) is 0 Å². The normalized spacial score (nSPS) is 11.8. The average molecular weight is 368 g/mol. The Morgan fingerprint density at radius 3 is 2.23 bits per heavy atom. The van der Waals surface area contributed by atoms with Gasteiger partial charge in [-0.05, 0) is 35.7 Å². The molecule has 0 aliphatic heterocycles. The van der Waals surface area contributed by atoms with Gasteiger partial charge in [0.25, 0.3) is 6.43 Å². The van der Waals surface area contributed by atoms with Crippen molar-refractivity contribution in [2.45, 2.75) is 26.2 Å². The van der Waals surface area contributed by atoms with E-state index in [0.717, 1.165) is 30.5 Å². The maximum atomic E-state index is 14.0. The van der Waals surface area contributed by atoms with E-state index in [1.165, 1.54) is 18.2 Å². The molecule has 0 saturated heterocycles. The summed E-state index contributed by atoms with van der Waals surface area (Å²) < 4.78 is 70.3. The van der Waals surface area contributed by atoms with Gasteiger partial charge in [-0.2, -0.15) is 0 Å². The summed E-state index contributed by atoms with van der Waals surface area (Å²) in [4.78, 5) is 0. The molecule has 0 atom stereocenters. The standard InChI is InChI=1S/C20H17F5O/c1-2-3-13-4-6-15(16(21)10-13)7-5-14-11-17(22)20(18(23)12-14)26-9-8-19(24)25/h4-12,19H,2-3H2,1H3. The van der Waals surface area contributed by atoms with Crippen LogP contribution in [0.2, 0.25) is 0 Å². The van der Waals surface area contributed by atoms with E-state index in [2.05, 4.69) is 4.74 Å². The average Bonchev–Trinajstić information content (AvgIpc) is 2.56. The topological polar surface area (TPSA) is 9.23 Å². The molecular weight excluding hydrogens is 351 g/mol. The highest BCUT2D eigenvalue weighted by Gasteiger charge is 2.11. The molecule has 6 heteroatoms. The molecule has 0 aliphatic carbocycles. The van der Waals surface area contributed by atoms with Gasteiger partial charge in [-0.15, -0.1) is 0 Å². The molecule has 2 aromatic rings. The van der Waals surface area contributed by atoms with Gasteiger partial charge in [0.2, 0.25) is 0 Å². The van der Waals surface area contributed by atoms with E-state index >= 15 is 0 Å². The third kappa shape index (κ3) is 5.44. The van der Waals surface area contributed by atoms with Crippen molar-refractivity contribution < 1.29 is 26.7 Å². The van der Waals surface area contributed by atoms with Gasteiger partial charge < -0.3 is 4.74 Å². The van der Waals surface area contributed by atoms with Crippen molar-refractivity contribution in [3.63, 3.8) is 0 Å². The Morgan fingerprint density at radius 2 is 1.65 bits per heavy atom. The number of alkyl halides is 2. The molecule has 0 amide bonds. The van der Waals surface area contributed by atoms with E-state index in [9.17, 15) is 22.0 Å². The molecule has 0 saturated carbocycles. The van der Waals surface area contributed by atoms with Crippen LogP contribution in [-0.2, 0) is 6.42 Å². The van der Waals surface area contributed by atoms with Gasteiger partial charge in [0, 0.05) is 11.6 Å². The van der Waals surface area contributed by atoms with Gasteiger partial charge in [-0.25, -0.2) is 22.0 Å². The molecule has 0 spiro atoms. The number of hydrogen-bond donors (Lipinski definition) is 0. The monoisotopic (exact) mass is 368 g/mol. The van der Waals surface area contributed by atoms with Crippen molar-refractivity contribution in [1.29, 1.82) is 0 Å². The van der Waals surface area contributed by atoms with Crippen molar-refractivity contribution in [3.05, 3.63) is 76.8 Å². The second-order valence-corrected chi connectivity index (χ2v) is 5.53. The number of halogens is 5. The highest BCUT2D eigenvalue weighted by Crippen LogP contribution is 2.25.